The lowest BCUT2D eigenvalue weighted by atomic mass is 10.2. The third-order valence-electron chi connectivity index (χ3n) is 4.33. The Morgan fingerprint density at radius 2 is 1.74 bits per heavy atom. The van der Waals surface area contributed by atoms with E-state index in [0.29, 0.717) is 35.4 Å². The highest BCUT2D eigenvalue weighted by atomic mass is 32.1. The number of aryl methyl sites for hydroxylation is 1. The minimum Gasteiger partial charge on any atom is -0.368 e. The van der Waals surface area contributed by atoms with E-state index >= 15 is 0 Å². The standard InChI is InChI=1S/C22H21N7OS/c1-15-20(31-22(28-15)16-7-3-2-4-8-16)21(30)25-12-11-24-18-13-19(27-14-26-18)29-17-9-5-6-10-23-17/h2-10,13-14H,11-12H2,1H3,(H,25,30)(H2,23,24,26,27,29). The molecule has 0 aliphatic rings. The molecule has 3 aromatic heterocycles. The van der Waals surface area contributed by atoms with Gasteiger partial charge in [0, 0.05) is 30.9 Å². The fourth-order valence-corrected chi connectivity index (χ4v) is 3.84. The van der Waals surface area contributed by atoms with Crippen molar-refractivity contribution in [2.75, 3.05) is 23.7 Å². The second-order valence-electron chi connectivity index (χ2n) is 6.61. The average Bonchev–Trinajstić information content (AvgIpc) is 3.20. The molecular formula is C22H21N7OS. The third-order valence-corrected chi connectivity index (χ3v) is 5.53. The van der Waals surface area contributed by atoms with Crippen LogP contribution >= 0.6 is 11.3 Å². The van der Waals surface area contributed by atoms with E-state index in [9.17, 15) is 4.79 Å². The summed E-state index contributed by atoms with van der Waals surface area (Å²) in [5, 5.41) is 10.1. The fraction of sp³-hybridized carbons (Fsp3) is 0.136. The number of pyridine rings is 1. The number of carbonyl (C=O) groups is 1. The van der Waals surface area contributed by atoms with Crippen LogP contribution in [0, 0.1) is 6.92 Å². The first-order valence-corrected chi connectivity index (χ1v) is 10.6. The number of amides is 1. The number of aromatic nitrogens is 4. The van der Waals surface area contributed by atoms with E-state index in [1.54, 1.807) is 12.3 Å². The molecule has 31 heavy (non-hydrogen) atoms. The van der Waals surface area contributed by atoms with Crippen molar-refractivity contribution in [3.8, 4) is 10.6 Å². The first-order valence-electron chi connectivity index (χ1n) is 9.74. The van der Waals surface area contributed by atoms with Crippen LogP contribution in [0.25, 0.3) is 10.6 Å². The van der Waals surface area contributed by atoms with Crippen molar-refractivity contribution in [2.45, 2.75) is 6.92 Å². The Morgan fingerprint density at radius 1 is 0.935 bits per heavy atom. The molecule has 0 aliphatic carbocycles. The van der Waals surface area contributed by atoms with Crippen LogP contribution < -0.4 is 16.0 Å². The van der Waals surface area contributed by atoms with Crippen molar-refractivity contribution in [1.82, 2.24) is 25.3 Å². The lowest BCUT2D eigenvalue weighted by molar-refractivity contribution is 0.0958. The van der Waals surface area contributed by atoms with E-state index in [-0.39, 0.29) is 5.91 Å². The molecule has 8 nitrogen and oxygen atoms in total. The van der Waals surface area contributed by atoms with Gasteiger partial charge in [0.2, 0.25) is 0 Å². The van der Waals surface area contributed by atoms with E-state index in [1.165, 1.54) is 17.7 Å². The number of rotatable bonds is 8. The molecule has 0 unspecified atom stereocenters. The van der Waals surface area contributed by atoms with Crippen LogP contribution in [0.15, 0.2) is 67.1 Å². The van der Waals surface area contributed by atoms with Gasteiger partial charge in [0.15, 0.2) is 0 Å². The largest absolute Gasteiger partial charge is 0.368 e. The molecule has 0 saturated carbocycles. The number of hydrogen-bond acceptors (Lipinski definition) is 8. The predicted molar refractivity (Wildman–Crippen MR) is 123 cm³/mol. The van der Waals surface area contributed by atoms with Crippen LogP contribution in [0.1, 0.15) is 15.4 Å². The predicted octanol–water partition coefficient (Wildman–Crippen LogP) is 3.89. The second-order valence-corrected chi connectivity index (χ2v) is 7.61. The molecule has 9 heteroatoms. The Kier molecular flexibility index (Phi) is 6.44. The van der Waals surface area contributed by atoms with Crippen molar-refractivity contribution < 1.29 is 4.79 Å². The van der Waals surface area contributed by atoms with Crippen LogP contribution in [0.2, 0.25) is 0 Å². The van der Waals surface area contributed by atoms with Gasteiger partial charge in [-0.05, 0) is 19.1 Å². The van der Waals surface area contributed by atoms with Crippen molar-refractivity contribution in [3.63, 3.8) is 0 Å². The van der Waals surface area contributed by atoms with E-state index < -0.39 is 0 Å². The van der Waals surface area contributed by atoms with Crippen LogP contribution in [0.5, 0.6) is 0 Å². The number of hydrogen-bond donors (Lipinski definition) is 3. The molecule has 0 atom stereocenters. The molecule has 4 aromatic rings. The number of benzene rings is 1. The molecule has 0 fully saturated rings. The summed E-state index contributed by atoms with van der Waals surface area (Å²) in [6.07, 6.45) is 3.18. The first-order chi connectivity index (χ1) is 15.2. The maximum atomic E-state index is 12.6. The van der Waals surface area contributed by atoms with Crippen molar-refractivity contribution in [3.05, 3.63) is 77.7 Å². The Labute approximate surface area is 183 Å². The van der Waals surface area contributed by atoms with Crippen LogP contribution in [-0.4, -0.2) is 38.9 Å². The van der Waals surface area contributed by atoms with Crippen molar-refractivity contribution in [1.29, 1.82) is 0 Å². The van der Waals surface area contributed by atoms with Gasteiger partial charge in [-0.2, -0.15) is 0 Å². The van der Waals surface area contributed by atoms with Crippen LogP contribution in [0.4, 0.5) is 17.5 Å². The molecule has 1 amide bonds. The monoisotopic (exact) mass is 431 g/mol. The Hall–Kier alpha value is -3.85. The van der Waals surface area contributed by atoms with Gasteiger partial charge >= 0.3 is 0 Å². The number of carbonyl (C=O) groups excluding carboxylic acids is 1. The molecule has 0 aliphatic heterocycles. The molecule has 4 rings (SSSR count). The fourth-order valence-electron chi connectivity index (χ4n) is 2.85. The third kappa shape index (κ3) is 5.40. The second kappa shape index (κ2) is 9.77. The molecular weight excluding hydrogens is 410 g/mol. The van der Waals surface area contributed by atoms with Gasteiger partial charge in [-0.15, -0.1) is 11.3 Å². The summed E-state index contributed by atoms with van der Waals surface area (Å²) in [6, 6.07) is 17.2. The van der Waals surface area contributed by atoms with Gasteiger partial charge in [-0.3, -0.25) is 4.79 Å². The van der Waals surface area contributed by atoms with Gasteiger partial charge in [-0.1, -0.05) is 36.4 Å². The molecule has 0 radical (unpaired) electrons. The molecule has 3 heterocycles. The molecule has 1 aromatic carbocycles. The maximum Gasteiger partial charge on any atom is 0.263 e. The minimum absolute atomic E-state index is 0.126. The molecule has 0 bridgehead atoms. The first kappa shape index (κ1) is 20.4. The quantitative estimate of drug-likeness (QED) is 0.364. The SMILES string of the molecule is Cc1nc(-c2ccccc2)sc1C(=O)NCCNc1cc(Nc2ccccn2)ncn1. The van der Waals surface area contributed by atoms with Crippen molar-refractivity contribution >= 4 is 34.7 Å². The zero-order chi connectivity index (χ0) is 21.5. The van der Waals surface area contributed by atoms with Crippen LogP contribution in [-0.2, 0) is 0 Å². The number of anilines is 3. The normalized spacial score (nSPS) is 10.5. The average molecular weight is 432 g/mol. The minimum atomic E-state index is -0.126. The van der Waals surface area contributed by atoms with Gasteiger partial charge in [-0.25, -0.2) is 19.9 Å². The number of nitrogens with one attached hydrogen (secondary N) is 3. The summed E-state index contributed by atoms with van der Waals surface area (Å²) in [5.74, 6) is 1.87. The molecule has 0 saturated heterocycles. The topological polar surface area (TPSA) is 105 Å². The van der Waals surface area contributed by atoms with Gasteiger partial charge in [0.25, 0.3) is 5.91 Å². The number of thiazole rings is 1. The Balaban J connectivity index is 1.29. The zero-order valence-electron chi connectivity index (χ0n) is 16.9. The molecule has 0 spiro atoms. The highest BCUT2D eigenvalue weighted by Crippen LogP contribution is 2.27. The Morgan fingerprint density at radius 3 is 2.55 bits per heavy atom. The molecule has 3 N–H and O–H groups in total. The van der Waals surface area contributed by atoms with E-state index in [1.807, 2.05) is 55.5 Å². The lowest BCUT2D eigenvalue weighted by Crippen LogP contribution is -2.28. The summed E-state index contributed by atoms with van der Waals surface area (Å²) >= 11 is 1.40. The lowest BCUT2D eigenvalue weighted by Gasteiger charge is -2.09. The summed E-state index contributed by atoms with van der Waals surface area (Å²) in [6.45, 7) is 2.83. The highest BCUT2D eigenvalue weighted by Gasteiger charge is 2.15. The van der Waals surface area contributed by atoms with Gasteiger partial charge < -0.3 is 16.0 Å². The summed E-state index contributed by atoms with van der Waals surface area (Å²) in [4.78, 5) is 30.3. The molecule has 156 valence electrons. The van der Waals surface area contributed by atoms with Gasteiger partial charge in [0.05, 0.1) is 5.69 Å². The summed E-state index contributed by atoms with van der Waals surface area (Å²) in [5.41, 5.74) is 1.74. The van der Waals surface area contributed by atoms with Crippen LogP contribution in [0.3, 0.4) is 0 Å². The highest BCUT2D eigenvalue weighted by molar-refractivity contribution is 7.17. The maximum absolute atomic E-state index is 12.6. The van der Waals surface area contributed by atoms with E-state index in [0.717, 1.165) is 16.3 Å². The Bertz CT molecular complexity index is 1150. The summed E-state index contributed by atoms with van der Waals surface area (Å²) < 4.78 is 0. The summed E-state index contributed by atoms with van der Waals surface area (Å²) in [7, 11) is 0. The van der Waals surface area contributed by atoms with E-state index in [4.69, 9.17) is 0 Å². The number of nitrogens with zero attached hydrogens (tertiary/aromatic N) is 4. The smallest absolute Gasteiger partial charge is 0.263 e. The van der Waals surface area contributed by atoms with Crippen molar-refractivity contribution in [2.24, 2.45) is 0 Å². The zero-order valence-corrected chi connectivity index (χ0v) is 17.7. The van der Waals surface area contributed by atoms with E-state index in [2.05, 4.69) is 35.9 Å². The van der Waals surface area contributed by atoms with Gasteiger partial charge in [0.1, 0.15) is 33.7 Å².